The van der Waals surface area contributed by atoms with Gasteiger partial charge in [-0.1, -0.05) is 84.4 Å². The van der Waals surface area contributed by atoms with Gasteiger partial charge in [0, 0.05) is 12.1 Å². The van der Waals surface area contributed by atoms with Crippen molar-refractivity contribution in [1.82, 2.24) is 10.2 Å². The van der Waals surface area contributed by atoms with Crippen molar-refractivity contribution in [3.05, 3.63) is 107 Å². The molecule has 3 aromatic carbocycles. The number of nitrogens with one attached hydrogen (secondary N) is 1. The number of nitrogens with zero attached hydrogens (tertiary/aromatic N) is 2. The third-order valence-electron chi connectivity index (χ3n) is 5.41. The Labute approximate surface area is 198 Å². The molecule has 0 bridgehead atoms. The van der Waals surface area contributed by atoms with Crippen LogP contribution >= 0.6 is 11.6 Å². The highest BCUT2D eigenvalue weighted by molar-refractivity contribution is 6.34. The van der Waals surface area contributed by atoms with Crippen LogP contribution < -0.4 is 5.32 Å². The van der Waals surface area contributed by atoms with Crippen molar-refractivity contribution in [2.45, 2.75) is 18.3 Å². The Balaban J connectivity index is 1.76. The van der Waals surface area contributed by atoms with Gasteiger partial charge in [-0.2, -0.15) is 13.2 Å². The summed E-state index contributed by atoms with van der Waals surface area (Å²) in [4.78, 5) is 31.0. The average molecular weight is 486 g/mol. The number of amidine groups is 1. The zero-order valence-electron chi connectivity index (χ0n) is 17.7. The second kappa shape index (κ2) is 9.30. The van der Waals surface area contributed by atoms with Crippen molar-refractivity contribution in [1.29, 1.82) is 0 Å². The number of hydrogen-bond donors (Lipinski definition) is 1. The third kappa shape index (κ3) is 4.41. The molecule has 2 amide bonds. The van der Waals surface area contributed by atoms with E-state index in [1.165, 1.54) is 24.3 Å². The maximum absolute atomic E-state index is 14.5. The number of rotatable bonds is 6. The van der Waals surface area contributed by atoms with Crippen LogP contribution in [-0.2, 0) is 11.2 Å². The van der Waals surface area contributed by atoms with E-state index < -0.39 is 23.7 Å². The van der Waals surface area contributed by atoms with Gasteiger partial charge in [0.2, 0.25) is 0 Å². The molecule has 174 valence electrons. The zero-order valence-corrected chi connectivity index (χ0v) is 18.5. The Morgan fingerprint density at radius 1 is 0.941 bits per heavy atom. The lowest BCUT2D eigenvalue weighted by atomic mass is 10.1. The molecule has 0 radical (unpaired) electrons. The summed E-state index contributed by atoms with van der Waals surface area (Å²) in [5.41, 5.74) is -2.51. The minimum Gasteiger partial charge on any atom is -0.312 e. The summed E-state index contributed by atoms with van der Waals surface area (Å²) in [5, 5.41) is 1.79. The highest BCUT2D eigenvalue weighted by Crippen LogP contribution is 2.39. The first-order chi connectivity index (χ1) is 16.2. The van der Waals surface area contributed by atoms with Crippen LogP contribution in [0.25, 0.3) is 0 Å². The van der Waals surface area contributed by atoms with Crippen LogP contribution in [0.4, 0.5) is 13.2 Å². The Kier molecular flexibility index (Phi) is 6.43. The van der Waals surface area contributed by atoms with E-state index in [0.717, 1.165) is 10.5 Å². The van der Waals surface area contributed by atoms with Crippen LogP contribution in [0.3, 0.4) is 0 Å². The lowest BCUT2D eigenvalue weighted by Gasteiger charge is -2.29. The molecule has 1 aliphatic rings. The SMILES string of the molecule is O=C(NC1(C(F)(F)F)N=C(c2ccccc2)N(CCc2ccccc2)C1=O)c1ccccc1Cl. The topological polar surface area (TPSA) is 61.8 Å². The molecule has 0 aliphatic carbocycles. The number of amides is 2. The quantitative estimate of drug-likeness (QED) is 0.542. The molecule has 3 aromatic rings. The van der Waals surface area contributed by atoms with E-state index in [0.29, 0.717) is 12.0 Å². The number of carbonyl (C=O) groups is 2. The molecule has 4 rings (SSSR count). The molecule has 9 heteroatoms. The van der Waals surface area contributed by atoms with Crippen LogP contribution in [-0.4, -0.2) is 40.9 Å². The second-order valence-corrected chi connectivity index (χ2v) is 8.04. The maximum atomic E-state index is 14.5. The lowest BCUT2D eigenvalue weighted by molar-refractivity contribution is -0.196. The maximum Gasteiger partial charge on any atom is 0.442 e. The van der Waals surface area contributed by atoms with E-state index in [4.69, 9.17) is 11.6 Å². The van der Waals surface area contributed by atoms with Gasteiger partial charge in [-0.15, -0.1) is 0 Å². The first kappa shape index (κ1) is 23.5. The van der Waals surface area contributed by atoms with Crippen LogP contribution in [0.1, 0.15) is 21.5 Å². The molecule has 0 fully saturated rings. The second-order valence-electron chi connectivity index (χ2n) is 7.64. The molecule has 1 aliphatic heterocycles. The first-order valence-corrected chi connectivity index (χ1v) is 10.8. The predicted octanol–water partition coefficient (Wildman–Crippen LogP) is 4.86. The average Bonchev–Trinajstić information content (AvgIpc) is 3.11. The number of alkyl halides is 3. The van der Waals surface area contributed by atoms with Gasteiger partial charge >= 0.3 is 11.8 Å². The largest absolute Gasteiger partial charge is 0.442 e. The first-order valence-electron chi connectivity index (χ1n) is 10.4. The molecule has 1 N–H and O–H groups in total. The van der Waals surface area contributed by atoms with E-state index in [1.807, 2.05) is 23.5 Å². The van der Waals surface area contributed by atoms with Crippen LogP contribution in [0, 0.1) is 0 Å². The summed E-state index contributed by atoms with van der Waals surface area (Å²) >= 11 is 6.00. The smallest absolute Gasteiger partial charge is 0.312 e. The summed E-state index contributed by atoms with van der Waals surface area (Å²) in [5.74, 6) is -2.70. The van der Waals surface area contributed by atoms with Gasteiger partial charge in [0.15, 0.2) is 0 Å². The summed E-state index contributed by atoms with van der Waals surface area (Å²) in [7, 11) is 0. The van der Waals surface area contributed by atoms with Crippen molar-refractivity contribution in [2.24, 2.45) is 4.99 Å². The fraction of sp³-hybridized carbons (Fsp3) is 0.160. The molecule has 5 nitrogen and oxygen atoms in total. The van der Waals surface area contributed by atoms with Gasteiger partial charge in [-0.3, -0.25) is 14.5 Å². The predicted molar refractivity (Wildman–Crippen MR) is 123 cm³/mol. The van der Waals surface area contributed by atoms with Gasteiger partial charge in [0.25, 0.3) is 11.8 Å². The summed E-state index contributed by atoms with van der Waals surface area (Å²) in [6, 6.07) is 22.8. The Morgan fingerprint density at radius 2 is 1.53 bits per heavy atom. The molecule has 1 unspecified atom stereocenters. The molecule has 34 heavy (non-hydrogen) atoms. The van der Waals surface area contributed by atoms with E-state index in [2.05, 4.69) is 4.99 Å². The lowest BCUT2D eigenvalue weighted by Crippen LogP contribution is -2.63. The molecular formula is C25H19ClF3N3O2. The number of hydrogen-bond acceptors (Lipinski definition) is 3. The Bertz CT molecular complexity index is 1230. The van der Waals surface area contributed by atoms with E-state index in [-0.39, 0.29) is 23.0 Å². The van der Waals surface area contributed by atoms with Gasteiger partial charge in [-0.05, 0) is 24.1 Å². The summed E-state index contributed by atoms with van der Waals surface area (Å²) < 4.78 is 43.4. The minimum absolute atomic E-state index is 0.0454. The Hall–Kier alpha value is -3.65. The molecule has 1 atom stereocenters. The van der Waals surface area contributed by atoms with E-state index in [1.54, 1.807) is 42.5 Å². The molecule has 0 aromatic heterocycles. The van der Waals surface area contributed by atoms with Crippen LogP contribution in [0.5, 0.6) is 0 Å². The monoisotopic (exact) mass is 485 g/mol. The molecule has 0 saturated carbocycles. The zero-order chi connectivity index (χ0) is 24.3. The highest BCUT2D eigenvalue weighted by atomic mass is 35.5. The fourth-order valence-electron chi connectivity index (χ4n) is 3.67. The number of carbonyl (C=O) groups excluding carboxylic acids is 2. The number of benzene rings is 3. The normalized spacial score (nSPS) is 18.1. The van der Waals surface area contributed by atoms with Crippen molar-refractivity contribution < 1.29 is 22.8 Å². The van der Waals surface area contributed by atoms with Gasteiger partial charge in [0.05, 0.1) is 10.6 Å². The number of aliphatic imine (C=N–C) groups is 1. The summed E-state index contributed by atoms with van der Waals surface area (Å²) in [6.07, 6.45) is -4.91. The Morgan fingerprint density at radius 3 is 2.15 bits per heavy atom. The van der Waals surface area contributed by atoms with Gasteiger partial charge in [0.1, 0.15) is 5.84 Å². The van der Waals surface area contributed by atoms with Crippen LogP contribution in [0.15, 0.2) is 89.9 Å². The molecule has 0 spiro atoms. The molecular weight excluding hydrogens is 467 g/mol. The minimum atomic E-state index is -5.21. The highest BCUT2D eigenvalue weighted by Gasteiger charge is 2.67. The van der Waals surface area contributed by atoms with Crippen molar-refractivity contribution in [3.63, 3.8) is 0 Å². The van der Waals surface area contributed by atoms with E-state index in [9.17, 15) is 22.8 Å². The molecule has 0 saturated heterocycles. The van der Waals surface area contributed by atoms with Crippen LogP contribution in [0.2, 0.25) is 5.02 Å². The standard InChI is InChI=1S/C25H19ClF3N3O2/c26-20-14-8-7-13-19(20)22(33)31-24(25(27,28)29)23(34)32(16-15-17-9-3-1-4-10-17)21(30-24)18-11-5-2-6-12-18/h1-14H,15-16H2,(H,31,33). The van der Waals surface area contributed by atoms with E-state index >= 15 is 0 Å². The van der Waals surface area contributed by atoms with Gasteiger partial charge in [-0.25, -0.2) is 4.99 Å². The fourth-order valence-corrected chi connectivity index (χ4v) is 3.89. The van der Waals surface area contributed by atoms with Crippen molar-refractivity contribution in [3.8, 4) is 0 Å². The van der Waals surface area contributed by atoms with Gasteiger partial charge < -0.3 is 5.32 Å². The third-order valence-corrected chi connectivity index (χ3v) is 5.74. The molecule has 1 heterocycles. The summed E-state index contributed by atoms with van der Waals surface area (Å²) in [6.45, 7) is -0.0592. The van der Waals surface area contributed by atoms with Crippen molar-refractivity contribution in [2.75, 3.05) is 6.54 Å². The van der Waals surface area contributed by atoms with Crippen molar-refractivity contribution >= 4 is 29.3 Å². The number of halogens is 4.